The highest BCUT2D eigenvalue weighted by Crippen LogP contribution is 2.21. The van der Waals surface area contributed by atoms with Crippen LogP contribution < -0.4 is 5.32 Å². The third-order valence-electron chi connectivity index (χ3n) is 4.42. The molecule has 1 saturated heterocycles. The third kappa shape index (κ3) is 4.10. The number of ether oxygens (including phenoxy) is 1. The van der Waals surface area contributed by atoms with Gasteiger partial charge in [-0.25, -0.2) is 4.99 Å². The lowest BCUT2D eigenvalue weighted by molar-refractivity contribution is -0.00802. The molecule has 3 rings (SSSR count). The second-order valence-electron chi connectivity index (χ2n) is 6.28. The highest BCUT2D eigenvalue weighted by Gasteiger charge is 2.25. The summed E-state index contributed by atoms with van der Waals surface area (Å²) in [6, 6.07) is 0. The molecule has 1 atom stereocenters. The number of guanidine groups is 1. The van der Waals surface area contributed by atoms with Gasteiger partial charge in [-0.1, -0.05) is 6.08 Å². The molecule has 3 heterocycles. The van der Waals surface area contributed by atoms with Gasteiger partial charge in [0, 0.05) is 38.9 Å². The minimum atomic E-state index is -0.0229. The van der Waals surface area contributed by atoms with Crippen LogP contribution in [0.3, 0.4) is 0 Å². The number of nitrogens with zero attached hydrogens (tertiary/aromatic N) is 7. The Morgan fingerprint density at radius 2 is 2.31 bits per heavy atom. The molecule has 1 fully saturated rings. The van der Waals surface area contributed by atoms with Crippen molar-refractivity contribution in [3.05, 3.63) is 42.3 Å². The molecule has 0 saturated carbocycles. The van der Waals surface area contributed by atoms with E-state index in [1.54, 1.807) is 4.68 Å². The average Bonchev–Trinajstić information content (AvgIpc) is 3.22. The zero-order valence-electron chi connectivity index (χ0n) is 15.6. The summed E-state index contributed by atoms with van der Waals surface area (Å²) in [5.74, 6) is 2.53. The van der Waals surface area contributed by atoms with E-state index >= 15 is 0 Å². The molecule has 0 aromatic carbocycles. The fourth-order valence-corrected chi connectivity index (χ4v) is 2.82. The van der Waals surface area contributed by atoms with Crippen molar-refractivity contribution in [2.75, 3.05) is 26.2 Å². The maximum Gasteiger partial charge on any atom is 0.194 e. The second kappa shape index (κ2) is 8.13. The molecule has 2 aromatic heterocycles. The molecule has 140 valence electrons. The van der Waals surface area contributed by atoms with Crippen LogP contribution in [0.15, 0.2) is 30.0 Å². The van der Waals surface area contributed by atoms with Crippen molar-refractivity contribution in [1.82, 2.24) is 34.8 Å². The van der Waals surface area contributed by atoms with Crippen LogP contribution in [0.5, 0.6) is 0 Å². The van der Waals surface area contributed by atoms with Gasteiger partial charge in [-0.15, -0.1) is 16.8 Å². The Balaban J connectivity index is 1.74. The van der Waals surface area contributed by atoms with Crippen LogP contribution in [0.4, 0.5) is 0 Å². The topological polar surface area (TPSA) is 85.4 Å². The third-order valence-corrected chi connectivity index (χ3v) is 4.42. The van der Waals surface area contributed by atoms with E-state index in [1.165, 1.54) is 0 Å². The van der Waals surface area contributed by atoms with E-state index in [0.29, 0.717) is 26.2 Å². The summed E-state index contributed by atoms with van der Waals surface area (Å²) in [7, 11) is 3.86. The van der Waals surface area contributed by atoms with Gasteiger partial charge in [0.15, 0.2) is 11.8 Å². The van der Waals surface area contributed by atoms with Gasteiger partial charge in [-0.3, -0.25) is 4.68 Å². The summed E-state index contributed by atoms with van der Waals surface area (Å²) in [6.45, 7) is 8.94. The van der Waals surface area contributed by atoms with E-state index in [2.05, 4.69) is 32.1 Å². The number of aromatic nitrogens is 5. The zero-order chi connectivity index (χ0) is 18.5. The van der Waals surface area contributed by atoms with Crippen molar-refractivity contribution < 1.29 is 4.74 Å². The molecule has 0 aliphatic carbocycles. The molecule has 0 radical (unpaired) electrons. The lowest BCUT2D eigenvalue weighted by Crippen LogP contribution is -2.48. The van der Waals surface area contributed by atoms with Gasteiger partial charge in [-0.2, -0.15) is 5.10 Å². The van der Waals surface area contributed by atoms with Crippen LogP contribution in [-0.4, -0.2) is 61.6 Å². The molecule has 1 aliphatic heterocycles. The minimum absolute atomic E-state index is 0.0229. The van der Waals surface area contributed by atoms with Crippen LogP contribution in [0.1, 0.15) is 23.3 Å². The quantitative estimate of drug-likeness (QED) is 0.478. The molecule has 1 unspecified atom stereocenters. The van der Waals surface area contributed by atoms with E-state index < -0.39 is 0 Å². The first-order valence-corrected chi connectivity index (χ1v) is 8.67. The monoisotopic (exact) mass is 358 g/mol. The van der Waals surface area contributed by atoms with Crippen LogP contribution in [-0.2, 0) is 25.4 Å². The zero-order valence-corrected chi connectivity index (χ0v) is 15.6. The highest BCUT2D eigenvalue weighted by atomic mass is 16.5. The molecule has 2 aromatic rings. The Kier molecular flexibility index (Phi) is 5.67. The average molecular weight is 358 g/mol. The lowest BCUT2D eigenvalue weighted by Gasteiger charge is -2.34. The summed E-state index contributed by atoms with van der Waals surface area (Å²) < 4.78 is 9.66. The molecular weight excluding hydrogens is 332 g/mol. The Morgan fingerprint density at radius 1 is 1.46 bits per heavy atom. The molecule has 9 heteroatoms. The fraction of sp³-hybridized carbons (Fsp3) is 0.529. The summed E-state index contributed by atoms with van der Waals surface area (Å²) in [5.41, 5.74) is 1.07. The van der Waals surface area contributed by atoms with Gasteiger partial charge in [0.25, 0.3) is 0 Å². The molecule has 1 N–H and O–H groups in total. The molecule has 9 nitrogen and oxygen atoms in total. The van der Waals surface area contributed by atoms with Crippen molar-refractivity contribution in [3.8, 4) is 0 Å². The summed E-state index contributed by atoms with van der Waals surface area (Å²) in [4.78, 5) is 6.95. The molecule has 1 aliphatic rings. The summed E-state index contributed by atoms with van der Waals surface area (Å²) >= 11 is 0. The number of hydrogen-bond donors (Lipinski definition) is 1. The number of nitrogens with one attached hydrogen (secondary N) is 1. The Hall–Kier alpha value is -2.68. The largest absolute Gasteiger partial charge is 0.370 e. The van der Waals surface area contributed by atoms with E-state index in [9.17, 15) is 0 Å². The highest BCUT2D eigenvalue weighted by molar-refractivity contribution is 5.80. The Morgan fingerprint density at radius 3 is 2.96 bits per heavy atom. The summed E-state index contributed by atoms with van der Waals surface area (Å²) in [5, 5.41) is 15.8. The number of morpholine rings is 1. The van der Waals surface area contributed by atoms with Gasteiger partial charge in [0.05, 0.1) is 19.3 Å². The van der Waals surface area contributed by atoms with Crippen LogP contribution >= 0.6 is 0 Å². The van der Waals surface area contributed by atoms with Gasteiger partial charge in [-0.05, 0) is 6.92 Å². The fourth-order valence-electron chi connectivity index (χ4n) is 2.82. The van der Waals surface area contributed by atoms with Crippen molar-refractivity contribution in [1.29, 1.82) is 0 Å². The molecule has 0 spiro atoms. The standard InChI is InChI=1S/C17H26N8O/c1-5-6-18-17(19-10-16-22-21-13(2)24(16)4)25-7-8-26-15(12-25)14-9-20-23(3)11-14/h5,9,11,15H,1,6-8,10,12H2,2-4H3,(H,18,19). The van der Waals surface area contributed by atoms with Crippen molar-refractivity contribution in [2.24, 2.45) is 19.1 Å². The molecule has 0 amide bonds. The van der Waals surface area contributed by atoms with Gasteiger partial charge in [0.2, 0.25) is 0 Å². The summed E-state index contributed by atoms with van der Waals surface area (Å²) in [6.07, 6.45) is 5.64. The van der Waals surface area contributed by atoms with E-state index in [-0.39, 0.29) is 6.10 Å². The molecule has 0 bridgehead atoms. The van der Waals surface area contributed by atoms with Crippen LogP contribution in [0, 0.1) is 6.92 Å². The SMILES string of the molecule is C=CCNC(=NCc1nnc(C)n1C)N1CCOC(c2cnn(C)c2)C1. The second-order valence-corrected chi connectivity index (χ2v) is 6.28. The Labute approximate surface area is 153 Å². The number of aliphatic imine (C=N–C) groups is 1. The molecular formula is C17H26N8O. The number of hydrogen-bond acceptors (Lipinski definition) is 5. The number of aryl methyl sites for hydroxylation is 2. The van der Waals surface area contributed by atoms with E-state index in [4.69, 9.17) is 9.73 Å². The van der Waals surface area contributed by atoms with Crippen LogP contribution in [0.25, 0.3) is 0 Å². The first-order valence-electron chi connectivity index (χ1n) is 8.67. The first-order chi connectivity index (χ1) is 12.6. The first kappa shape index (κ1) is 18.1. The number of rotatable bonds is 5. The Bertz CT molecular complexity index is 778. The van der Waals surface area contributed by atoms with E-state index in [0.717, 1.165) is 29.7 Å². The minimum Gasteiger partial charge on any atom is -0.370 e. The predicted molar refractivity (Wildman–Crippen MR) is 98.6 cm³/mol. The van der Waals surface area contributed by atoms with Crippen molar-refractivity contribution in [2.45, 2.75) is 19.6 Å². The van der Waals surface area contributed by atoms with Gasteiger partial charge < -0.3 is 19.5 Å². The maximum absolute atomic E-state index is 5.92. The van der Waals surface area contributed by atoms with Crippen LogP contribution in [0.2, 0.25) is 0 Å². The normalized spacial score (nSPS) is 18.2. The van der Waals surface area contributed by atoms with Crippen molar-refractivity contribution in [3.63, 3.8) is 0 Å². The predicted octanol–water partition coefficient (Wildman–Crippen LogP) is 0.562. The van der Waals surface area contributed by atoms with Gasteiger partial charge >= 0.3 is 0 Å². The maximum atomic E-state index is 5.92. The van der Waals surface area contributed by atoms with Gasteiger partial charge in [0.1, 0.15) is 18.5 Å². The van der Waals surface area contributed by atoms with Crippen molar-refractivity contribution >= 4 is 5.96 Å². The van der Waals surface area contributed by atoms with E-state index in [1.807, 2.05) is 44.1 Å². The smallest absolute Gasteiger partial charge is 0.194 e. The molecule has 26 heavy (non-hydrogen) atoms. The lowest BCUT2D eigenvalue weighted by atomic mass is 10.1.